The third-order valence-electron chi connectivity index (χ3n) is 1.40. The lowest BCUT2D eigenvalue weighted by Gasteiger charge is -2.00. The standard InChI is InChI=1S/C7H8INO/c1-4-3-6(10)7(8)9-5(4)2/h3,10H,1-2H3. The molecule has 0 saturated heterocycles. The van der Waals surface area contributed by atoms with Gasteiger partial charge in [0, 0.05) is 5.69 Å². The maximum Gasteiger partial charge on any atom is 0.147 e. The summed E-state index contributed by atoms with van der Waals surface area (Å²) in [6.07, 6.45) is 0. The number of hydrogen-bond acceptors (Lipinski definition) is 2. The highest BCUT2D eigenvalue weighted by molar-refractivity contribution is 14.1. The molecule has 0 amide bonds. The fourth-order valence-electron chi connectivity index (χ4n) is 0.662. The monoisotopic (exact) mass is 249 g/mol. The molecule has 1 heterocycles. The SMILES string of the molecule is Cc1cc(O)c(I)nc1C. The molecule has 0 fully saturated rings. The molecule has 10 heavy (non-hydrogen) atoms. The quantitative estimate of drug-likeness (QED) is 0.563. The van der Waals surface area contributed by atoms with Gasteiger partial charge in [-0.3, -0.25) is 0 Å². The number of nitrogens with zero attached hydrogens (tertiary/aromatic N) is 1. The largest absolute Gasteiger partial charge is 0.505 e. The summed E-state index contributed by atoms with van der Waals surface area (Å²) in [4.78, 5) is 4.11. The third-order valence-corrected chi connectivity index (χ3v) is 2.19. The van der Waals surface area contributed by atoms with Crippen molar-refractivity contribution in [2.24, 2.45) is 0 Å². The zero-order chi connectivity index (χ0) is 7.72. The molecule has 1 N–H and O–H groups in total. The predicted octanol–water partition coefficient (Wildman–Crippen LogP) is 2.01. The molecule has 0 radical (unpaired) electrons. The first-order chi connectivity index (χ1) is 4.61. The Labute approximate surface area is 73.4 Å². The number of hydrogen-bond donors (Lipinski definition) is 1. The number of halogens is 1. The van der Waals surface area contributed by atoms with Gasteiger partial charge in [0.05, 0.1) is 0 Å². The number of aromatic nitrogens is 1. The van der Waals surface area contributed by atoms with Crippen molar-refractivity contribution in [1.29, 1.82) is 0 Å². The van der Waals surface area contributed by atoms with Crippen LogP contribution in [-0.2, 0) is 0 Å². The van der Waals surface area contributed by atoms with Crippen molar-refractivity contribution in [3.63, 3.8) is 0 Å². The van der Waals surface area contributed by atoms with E-state index in [2.05, 4.69) is 4.98 Å². The van der Waals surface area contributed by atoms with Crippen molar-refractivity contribution < 1.29 is 5.11 Å². The maximum absolute atomic E-state index is 9.15. The summed E-state index contributed by atoms with van der Waals surface area (Å²) in [6, 6.07) is 1.73. The molecule has 2 nitrogen and oxygen atoms in total. The summed E-state index contributed by atoms with van der Waals surface area (Å²) in [7, 11) is 0. The molecule has 0 bridgehead atoms. The Morgan fingerprint density at radius 1 is 1.50 bits per heavy atom. The smallest absolute Gasteiger partial charge is 0.147 e. The van der Waals surface area contributed by atoms with E-state index in [1.165, 1.54) is 0 Å². The summed E-state index contributed by atoms with van der Waals surface area (Å²) in [5, 5.41) is 9.15. The maximum atomic E-state index is 9.15. The topological polar surface area (TPSA) is 33.1 Å². The summed E-state index contributed by atoms with van der Waals surface area (Å²) in [6.45, 7) is 3.86. The van der Waals surface area contributed by atoms with E-state index in [1.54, 1.807) is 6.07 Å². The van der Waals surface area contributed by atoms with Gasteiger partial charge in [-0.25, -0.2) is 4.98 Å². The van der Waals surface area contributed by atoms with Gasteiger partial charge in [-0.1, -0.05) is 0 Å². The van der Waals surface area contributed by atoms with Crippen molar-refractivity contribution in [1.82, 2.24) is 4.98 Å². The predicted molar refractivity (Wildman–Crippen MR) is 48.1 cm³/mol. The van der Waals surface area contributed by atoms with E-state index in [9.17, 15) is 0 Å². The van der Waals surface area contributed by atoms with Crippen LogP contribution in [0.3, 0.4) is 0 Å². The van der Waals surface area contributed by atoms with Gasteiger partial charge in [0.2, 0.25) is 0 Å². The van der Waals surface area contributed by atoms with Gasteiger partial charge in [-0.15, -0.1) is 0 Å². The molecule has 1 rings (SSSR count). The number of pyridine rings is 1. The molecule has 0 unspecified atom stereocenters. The van der Waals surface area contributed by atoms with Crippen LogP contribution in [0.2, 0.25) is 0 Å². The van der Waals surface area contributed by atoms with Gasteiger partial charge < -0.3 is 5.11 Å². The molecule has 1 aromatic rings. The summed E-state index contributed by atoms with van der Waals surface area (Å²) in [5.41, 5.74) is 2.00. The van der Waals surface area contributed by atoms with Gasteiger partial charge in [-0.2, -0.15) is 0 Å². The zero-order valence-corrected chi connectivity index (χ0v) is 8.01. The van der Waals surface area contributed by atoms with Crippen molar-refractivity contribution in [2.45, 2.75) is 13.8 Å². The van der Waals surface area contributed by atoms with E-state index >= 15 is 0 Å². The Morgan fingerprint density at radius 2 is 2.10 bits per heavy atom. The lowest BCUT2D eigenvalue weighted by molar-refractivity contribution is 0.467. The molecule has 54 valence electrons. The molecule has 0 saturated carbocycles. The molecular formula is C7H8INO. The average Bonchev–Trinajstić information content (AvgIpc) is 1.84. The number of aromatic hydroxyl groups is 1. The molecule has 0 aliphatic heterocycles. The van der Waals surface area contributed by atoms with E-state index in [-0.39, 0.29) is 5.75 Å². The highest BCUT2D eigenvalue weighted by Crippen LogP contribution is 2.19. The second-order valence-corrected chi connectivity index (χ2v) is 3.22. The van der Waals surface area contributed by atoms with Gasteiger partial charge in [0.25, 0.3) is 0 Å². The van der Waals surface area contributed by atoms with Gasteiger partial charge >= 0.3 is 0 Å². The van der Waals surface area contributed by atoms with Gasteiger partial charge in [-0.05, 0) is 48.1 Å². The first kappa shape index (κ1) is 7.78. The van der Waals surface area contributed by atoms with E-state index < -0.39 is 0 Å². The van der Waals surface area contributed by atoms with Gasteiger partial charge in [0.15, 0.2) is 0 Å². The Bertz CT molecular complexity index is 210. The molecule has 0 aliphatic carbocycles. The summed E-state index contributed by atoms with van der Waals surface area (Å²) in [5.74, 6) is 0.267. The van der Waals surface area contributed by atoms with Gasteiger partial charge in [0.1, 0.15) is 9.45 Å². The minimum Gasteiger partial charge on any atom is -0.505 e. The van der Waals surface area contributed by atoms with E-state index in [1.807, 2.05) is 36.4 Å². The second-order valence-electron chi connectivity index (χ2n) is 2.20. The molecule has 0 spiro atoms. The first-order valence-corrected chi connectivity index (χ1v) is 4.02. The van der Waals surface area contributed by atoms with Crippen LogP contribution < -0.4 is 0 Å². The van der Waals surface area contributed by atoms with E-state index in [4.69, 9.17) is 5.11 Å². The molecule has 0 aromatic carbocycles. The van der Waals surface area contributed by atoms with Crippen LogP contribution in [0.25, 0.3) is 0 Å². The Morgan fingerprint density at radius 3 is 2.60 bits per heavy atom. The Balaban J connectivity index is 3.28. The Hall–Kier alpha value is -0.320. The highest BCUT2D eigenvalue weighted by Gasteiger charge is 2.00. The molecule has 0 atom stereocenters. The van der Waals surface area contributed by atoms with Crippen LogP contribution in [0.15, 0.2) is 6.07 Å². The third kappa shape index (κ3) is 1.39. The van der Waals surface area contributed by atoms with Crippen LogP contribution in [-0.4, -0.2) is 10.1 Å². The van der Waals surface area contributed by atoms with Crippen molar-refractivity contribution >= 4 is 22.6 Å². The van der Waals surface area contributed by atoms with Crippen LogP contribution in [0.4, 0.5) is 0 Å². The first-order valence-electron chi connectivity index (χ1n) is 2.94. The van der Waals surface area contributed by atoms with E-state index in [0.717, 1.165) is 11.3 Å². The molecule has 1 aromatic heterocycles. The minimum absolute atomic E-state index is 0.267. The molecule has 3 heteroatoms. The second kappa shape index (κ2) is 2.74. The lowest BCUT2D eigenvalue weighted by atomic mass is 10.2. The highest BCUT2D eigenvalue weighted by atomic mass is 127. The average molecular weight is 249 g/mol. The summed E-state index contributed by atoms with van der Waals surface area (Å²) < 4.78 is 0.667. The zero-order valence-electron chi connectivity index (χ0n) is 5.85. The van der Waals surface area contributed by atoms with Crippen LogP contribution in [0, 0.1) is 17.5 Å². The fraction of sp³-hybridized carbons (Fsp3) is 0.286. The molecule has 0 aliphatic rings. The van der Waals surface area contributed by atoms with Crippen LogP contribution in [0.5, 0.6) is 5.75 Å². The van der Waals surface area contributed by atoms with Crippen molar-refractivity contribution in [3.8, 4) is 5.75 Å². The van der Waals surface area contributed by atoms with Crippen LogP contribution in [0.1, 0.15) is 11.3 Å². The van der Waals surface area contributed by atoms with E-state index in [0.29, 0.717) is 3.70 Å². The van der Waals surface area contributed by atoms with Crippen LogP contribution >= 0.6 is 22.6 Å². The summed E-state index contributed by atoms with van der Waals surface area (Å²) >= 11 is 2.01. The van der Waals surface area contributed by atoms with Crippen molar-refractivity contribution in [3.05, 3.63) is 21.0 Å². The number of rotatable bonds is 0. The minimum atomic E-state index is 0.267. The normalized spacial score (nSPS) is 9.90. The number of aryl methyl sites for hydroxylation is 2. The lowest BCUT2D eigenvalue weighted by Crippen LogP contribution is -1.89. The van der Waals surface area contributed by atoms with Crippen molar-refractivity contribution in [2.75, 3.05) is 0 Å². The Kier molecular flexibility index (Phi) is 2.13. The fourth-order valence-corrected chi connectivity index (χ4v) is 1.18. The molecular weight excluding hydrogens is 241 g/mol.